The molecule has 1 aromatic rings. The van der Waals surface area contributed by atoms with Crippen LogP contribution in [0.15, 0.2) is 36.4 Å². The number of methoxy groups -OCH3 is 1. The zero-order chi connectivity index (χ0) is 10.2. The SMILES string of the molecule is COC(C)C#C/C=C/c1ccccc1. The van der Waals surface area contributed by atoms with Crippen molar-refractivity contribution in [3.05, 3.63) is 42.0 Å². The summed E-state index contributed by atoms with van der Waals surface area (Å²) in [6, 6.07) is 10.1. The fourth-order valence-electron chi connectivity index (χ4n) is 0.926. The summed E-state index contributed by atoms with van der Waals surface area (Å²) < 4.78 is 4.99. The van der Waals surface area contributed by atoms with Gasteiger partial charge in [-0.3, -0.25) is 0 Å². The monoisotopic (exact) mass is 186 g/mol. The van der Waals surface area contributed by atoms with Gasteiger partial charge < -0.3 is 4.74 Å². The highest BCUT2D eigenvalue weighted by atomic mass is 16.5. The molecule has 14 heavy (non-hydrogen) atoms. The molecule has 1 unspecified atom stereocenters. The second kappa shape index (κ2) is 6.01. The third kappa shape index (κ3) is 3.93. The summed E-state index contributed by atoms with van der Waals surface area (Å²) in [5.41, 5.74) is 1.16. The van der Waals surface area contributed by atoms with Crippen LogP contribution >= 0.6 is 0 Å². The molecule has 0 bridgehead atoms. The molecular formula is C13H14O. The first-order valence-electron chi connectivity index (χ1n) is 4.58. The van der Waals surface area contributed by atoms with Crippen molar-refractivity contribution >= 4 is 6.08 Å². The minimum atomic E-state index is -0.00424. The van der Waals surface area contributed by atoms with Gasteiger partial charge in [0.2, 0.25) is 0 Å². The second-order valence-corrected chi connectivity index (χ2v) is 2.91. The second-order valence-electron chi connectivity index (χ2n) is 2.91. The summed E-state index contributed by atoms with van der Waals surface area (Å²) in [6.07, 6.45) is 3.82. The third-order valence-electron chi connectivity index (χ3n) is 1.80. The normalized spacial score (nSPS) is 12.1. The van der Waals surface area contributed by atoms with Crippen molar-refractivity contribution in [2.45, 2.75) is 13.0 Å². The first-order chi connectivity index (χ1) is 6.83. The maximum absolute atomic E-state index is 4.99. The van der Waals surface area contributed by atoms with Crippen LogP contribution in [0, 0.1) is 11.8 Å². The molecule has 0 saturated carbocycles. The Morgan fingerprint density at radius 3 is 2.64 bits per heavy atom. The van der Waals surface area contributed by atoms with Gasteiger partial charge in [0.1, 0.15) is 6.10 Å². The van der Waals surface area contributed by atoms with Crippen LogP contribution in [0.5, 0.6) is 0 Å². The number of hydrogen-bond acceptors (Lipinski definition) is 1. The van der Waals surface area contributed by atoms with Crippen molar-refractivity contribution in [3.63, 3.8) is 0 Å². The lowest BCUT2D eigenvalue weighted by molar-refractivity contribution is 0.163. The highest BCUT2D eigenvalue weighted by Crippen LogP contribution is 1.99. The van der Waals surface area contributed by atoms with Crippen molar-refractivity contribution in [1.29, 1.82) is 0 Å². The van der Waals surface area contributed by atoms with E-state index in [4.69, 9.17) is 4.74 Å². The maximum atomic E-state index is 4.99. The van der Waals surface area contributed by atoms with Crippen LogP contribution in [0.1, 0.15) is 12.5 Å². The van der Waals surface area contributed by atoms with Crippen LogP contribution in [-0.2, 0) is 4.74 Å². The van der Waals surface area contributed by atoms with Gasteiger partial charge in [0.05, 0.1) is 0 Å². The average Bonchev–Trinajstić information content (AvgIpc) is 2.25. The Hall–Kier alpha value is -1.52. The Kier molecular flexibility index (Phi) is 4.54. The summed E-state index contributed by atoms with van der Waals surface area (Å²) in [7, 11) is 1.65. The molecule has 0 amide bonds. The van der Waals surface area contributed by atoms with Gasteiger partial charge in [-0.2, -0.15) is 0 Å². The molecule has 0 aliphatic rings. The highest BCUT2D eigenvalue weighted by Gasteiger charge is 1.86. The molecular weight excluding hydrogens is 172 g/mol. The van der Waals surface area contributed by atoms with Crippen LogP contribution in [0.3, 0.4) is 0 Å². The van der Waals surface area contributed by atoms with E-state index in [1.807, 2.05) is 49.4 Å². The van der Waals surface area contributed by atoms with Gasteiger partial charge in [0.15, 0.2) is 0 Å². The third-order valence-corrected chi connectivity index (χ3v) is 1.80. The van der Waals surface area contributed by atoms with Crippen molar-refractivity contribution < 1.29 is 4.74 Å². The summed E-state index contributed by atoms with van der Waals surface area (Å²) in [6.45, 7) is 1.92. The molecule has 0 spiro atoms. The average molecular weight is 186 g/mol. The Morgan fingerprint density at radius 1 is 1.29 bits per heavy atom. The lowest BCUT2D eigenvalue weighted by Crippen LogP contribution is -1.98. The van der Waals surface area contributed by atoms with Gasteiger partial charge in [0, 0.05) is 7.11 Å². The molecule has 1 rings (SSSR count). The Balaban J connectivity index is 2.52. The van der Waals surface area contributed by atoms with Crippen molar-refractivity contribution in [1.82, 2.24) is 0 Å². The summed E-state index contributed by atoms with van der Waals surface area (Å²) in [5.74, 6) is 5.87. The van der Waals surface area contributed by atoms with E-state index in [1.165, 1.54) is 0 Å². The zero-order valence-electron chi connectivity index (χ0n) is 8.53. The summed E-state index contributed by atoms with van der Waals surface area (Å²) >= 11 is 0. The number of benzene rings is 1. The summed E-state index contributed by atoms with van der Waals surface area (Å²) in [4.78, 5) is 0. The van der Waals surface area contributed by atoms with Crippen LogP contribution in [0.25, 0.3) is 6.08 Å². The Labute approximate surface area is 85.4 Å². The molecule has 1 heteroatoms. The van der Waals surface area contributed by atoms with Gasteiger partial charge in [-0.05, 0) is 24.6 Å². The lowest BCUT2D eigenvalue weighted by Gasteiger charge is -1.95. The smallest absolute Gasteiger partial charge is 0.115 e. The largest absolute Gasteiger partial charge is 0.369 e. The van der Waals surface area contributed by atoms with Crippen LogP contribution in [-0.4, -0.2) is 13.2 Å². The highest BCUT2D eigenvalue weighted by molar-refractivity contribution is 5.52. The quantitative estimate of drug-likeness (QED) is 0.645. The molecule has 1 aromatic carbocycles. The molecule has 0 aliphatic heterocycles. The molecule has 1 nitrogen and oxygen atoms in total. The number of rotatable bonds is 2. The molecule has 0 fully saturated rings. The molecule has 0 N–H and O–H groups in total. The molecule has 0 heterocycles. The first-order valence-corrected chi connectivity index (χ1v) is 4.58. The minimum absolute atomic E-state index is 0.00424. The Bertz CT molecular complexity index is 340. The van der Waals surface area contributed by atoms with E-state index in [2.05, 4.69) is 11.8 Å². The van der Waals surface area contributed by atoms with E-state index in [1.54, 1.807) is 7.11 Å². The number of allylic oxidation sites excluding steroid dienone is 1. The van der Waals surface area contributed by atoms with Gasteiger partial charge in [0.25, 0.3) is 0 Å². The standard InChI is InChI=1S/C13H14O/c1-12(14-2)8-6-7-11-13-9-4-3-5-10-13/h3-5,7,9-12H,1-2H3/b11-7+. The molecule has 0 aromatic heterocycles. The molecule has 0 radical (unpaired) electrons. The summed E-state index contributed by atoms with van der Waals surface area (Å²) in [5, 5.41) is 0. The Morgan fingerprint density at radius 2 is 2.00 bits per heavy atom. The van der Waals surface area contributed by atoms with E-state index in [0.717, 1.165) is 5.56 Å². The molecule has 1 atom stereocenters. The van der Waals surface area contributed by atoms with Gasteiger partial charge in [-0.25, -0.2) is 0 Å². The predicted octanol–water partition coefficient (Wildman–Crippen LogP) is 2.74. The number of ether oxygens (including phenoxy) is 1. The van der Waals surface area contributed by atoms with E-state index in [-0.39, 0.29) is 6.10 Å². The van der Waals surface area contributed by atoms with Crippen molar-refractivity contribution in [2.24, 2.45) is 0 Å². The molecule has 0 aliphatic carbocycles. The molecule has 72 valence electrons. The topological polar surface area (TPSA) is 9.23 Å². The lowest BCUT2D eigenvalue weighted by atomic mass is 10.2. The number of hydrogen-bond donors (Lipinski definition) is 0. The van der Waals surface area contributed by atoms with Crippen LogP contribution in [0.4, 0.5) is 0 Å². The minimum Gasteiger partial charge on any atom is -0.369 e. The maximum Gasteiger partial charge on any atom is 0.115 e. The van der Waals surface area contributed by atoms with Gasteiger partial charge in [-0.15, -0.1) is 0 Å². The van der Waals surface area contributed by atoms with Gasteiger partial charge >= 0.3 is 0 Å². The van der Waals surface area contributed by atoms with Crippen molar-refractivity contribution in [2.75, 3.05) is 7.11 Å². The van der Waals surface area contributed by atoms with Crippen LogP contribution in [0.2, 0.25) is 0 Å². The van der Waals surface area contributed by atoms with E-state index in [0.29, 0.717) is 0 Å². The first kappa shape index (κ1) is 10.6. The zero-order valence-corrected chi connectivity index (χ0v) is 8.53. The van der Waals surface area contributed by atoms with Crippen molar-refractivity contribution in [3.8, 4) is 11.8 Å². The molecule has 0 saturated heterocycles. The fourth-order valence-corrected chi connectivity index (χ4v) is 0.926. The van der Waals surface area contributed by atoms with E-state index >= 15 is 0 Å². The van der Waals surface area contributed by atoms with Gasteiger partial charge in [-0.1, -0.05) is 42.2 Å². The fraction of sp³-hybridized carbons (Fsp3) is 0.231. The van der Waals surface area contributed by atoms with E-state index in [9.17, 15) is 0 Å². The van der Waals surface area contributed by atoms with Crippen LogP contribution < -0.4 is 0 Å². The van der Waals surface area contributed by atoms with E-state index < -0.39 is 0 Å². The predicted molar refractivity (Wildman–Crippen MR) is 59.7 cm³/mol.